The van der Waals surface area contributed by atoms with E-state index in [1.807, 2.05) is 0 Å². The predicted octanol–water partition coefficient (Wildman–Crippen LogP) is 4.08. The van der Waals surface area contributed by atoms with Crippen LogP contribution >= 0.6 is 11.6 Å². The molecule has 176 valence electrons. The minimum atomic E-state index is -4.36. The second-order valence-electron chi connectivity index (χ2n) is 7.24. The van der Waals surface area contributed by atoms with E-state index < -0.39 is 39.8 Å². The van der Waals surface area contributed by atoms with Crippen LogP contribution in [-0.4, -0.2) is 40.2 Å². The van der Waals surface area contributed by atoms with Crippen molar-refractivity contribution in [2.75, 3.05) is 5.75 Å². The number of nitrogens with zero attached hydrogens (tertiary/aromatic N) is 2. The lowest BCUT2D eigenvalue weighted by molar-refractivity contribution is -0.135. The zero-order valence-electron chi connectivity index (χ0n) is 16.9. The molecule has 1 heterocycles. The minimum Gasteiger partial charge on any atom is -0.298 e. The molecule has 0 atom stereocenters. The summed E-state index contributed by atoms with van der Waals surface area (Å²) in [7, 11) is -4.13. The highest BCUT2D eigenvalue weighted by molar-refractivity contribution is 7.85. The number of Topliss-reactive ketones (excluding diaryl/α,β-unsaturated/α-hetero) is 1. The number of unbranched alkanes of at least 4 members (excludes halogenated alkanes) is 1. The van der Waals surface area contributed by atoms with Crippen molar-refractivity contribution >= 4 is 27.5 Å². The molecule has 0 aliphatic carbocycles. The minimum absolute atomic E-state index is 0.0527. The Morgan fingerprint density at radius 1 is 1.12 bits per heavy atom. The van der Waals surface area contributed by atoms with Gasteiger partial charge in [-0.2, -0.15) is 21.6 Å². The lowest BCUT2D eigenvalue weighted by atomic mass is 10.1. The number of benzene rings is 1. The maximum absolute atomic E-state index is 12.7. The number of carbonyl (C=O) groups excluding carboxylic acids is 1. The van der Waals surface area contributed by atoms with Crippen LogP contribution in [0.15, 0.2) is 35.1 Å². The number of aromatic nitrogens is 2. The van der Waals surface area contributed by atoms with E-state index >= 15 is 0 Å². The molecule has 0 aliphatic heterocycles. The molecular formula is C20H22ClF3N2O5S. The smallest absolute Gasteiger partial charge is 0.298 e. The van der Waals surface area contributed by atoms with Gasteiger partial charge in [-0.1, -0.05) is 23.7 Å². The Morgan fingerprint density at radius 2 is 1.78 bits per heavy atom. The summed E-state index contributed by atoms with van der Waals surface area (Å²) in [6.45, 7) is -0.389. The number of ketones is 1. The quantitative estimate of drug-likeness (QED) is 0.373. The molecular weight excluding hydrogens is 473 g/mol. The predicted molar refractivity (Wildman–Crippen MR) is 113 cm³/mol. The van der Waals surface area contributed by atoms with Crippen molar-refractivity contribution in [2.45, 2.75) is 51.2 Å². The summed E-state index contributed by atoms with van der Waals surface area (Å²) in [4.78, 5) is 29.3. The molecule has 1 aromatic carbocycles. The molecule has 2 rings (SSSR count). The van der Waals surface area contributed by atoms with Crippen LogP contribution in [0.2, 0.25) is 5.02 Å². The lowest BCUT2D eigenvalue weighted by Crippen LogP contribution is -2.28. The summed E-state index contributed by atoms with van der Waals surface area (Å²) in [5.74, 6) is -0.834. The van der Waals surface area contributed by atoms with E-state index in [-0.39, 0.29) is 50.2 Å². The molecule has 7 nitrogen and oxygen atoms in total. The summed E-state index contributed by atoms with van der Waals surface area (Å²) >= 11 is 5.85. The molecule has 0 saturated heterocycles. The second kappa shape index (κ2) is 11.1. The number of aryl methyl sites for hydroxylation is 1. The van der Waals surface area contributed by atoms with Crippen molar-refractivity contribution in [3.8, 4) is 11.3 Å². The molecule has 0 fully saturated rings. The number of rotatable bonds is 11. The van der Waals surface area contributed by atoms with Gasteiger partial charge < -0.3 is 0 Å². The maximum atomic E-state index is 12.7. The van der Waals surface area contributed by atoms with Crippen LogP contribution in [0.25, 0.3) is 11.3 Å². The summed E-state index contributed by atoms with van der Waals surface area (Å²) in [5, 5.41) is 0.465. The topological polar surface area (TPSA) is 106 Å². The summed E-state index contributed by atoms with van der Waals surface area (Å²) in [6, 6.07) is 7.61. The lowest BCUT2D eigenvalue weighted by Gasteiger charge is -2.14. The van der Waals surface area contributed by atoms with Crippen LogP contribution in [0.5, 0.6) is 0 Å². The Balaban J connectivity index is 2.22. The van der Waals surface area contributed by atoms with Gasteiger partial charge in [-0.3, -0.25) is 18.7 Å². The van der Waals surface area contributed by atoms with Gasteiger partial charge in [0, 0.05) is 35.9 Å². The van der Waals surface area contributed by atoms with Crippen molar-refractivity contribution in [1.29, 1.82) is 0 Å². The summed E-state index contributed by atoms with van der Waals surface area (Å²) in [5.41, 5.74) is 0.219. The molecule has 0 radical (unpaired) electrons. The van der Waals surface area contributed by atoms with Crippen LogP contribution in [0.4, 0.5) is 13.2 Å². The molecule has 1 N–H and O–H groups in total. The molecule has 0 saturated carbocycles. The second-order valence-corrected chi connectivity index (χ2v) is 9.25. The van der Waals surface area contributed by atoms with Crippen LogP contribution in [0, 0.1) is 0 Å². The highest BCUT2D eigenvalue weighted by Crippen LogP contribution is 2.23. The average Bonchev–Trinajstić information content (AvgIpc) is 2.66. The number of hydrogen-bond donors (Lipinski definition) is 1. The van der Waals surface area contributed by atoms with Crippen LogP contribution in [-0.2, 0) is 27.9 Å². The van der Waals surface area contributed by atoms with E-state index in [4.69, 9.17) is 16.2 Å². The SMILES string of the molecule is O=C(CCCCS(=O)(=O)O)Cn1c(CCCC(F)(F)F)nc(-c2ccc(Cl)cc2)cc1=O. The first-order valence-corrected chi connectivity index (χ1v) is 11.7. The van der Waals surface area contributed by atoms with Crippen molar-refractivity contribution in [2.24, 2.45) is 0 Å². The molecule has 0 amide bonds. The third-order valence-corrected chi connectivity index (χ3v) is 5.59. The fourth-order valence-electron chi connectivity index (χ4n) is 2.99. The Morgan fingerprint density at radius 3 is 2.38 bits per heavy atom. The zero-order chi connectivity index (χ0) is 23.9. The van der Waals surface area contributed by atoms with Gasteiger partial charge in [0.15, 0.2) is 5.78 Å². The Labute approximate surface area is 188 Å². The fourth-order valence-corrected chi connectivity index (χ4v) is 3.69. The standard InChI is InChI=1S/C20H22ClF3N2O5S/c21-15-8-6-14(7-9-15)17-12-19(28)26(18(25-17)5-3-10-20(22,23)24)13-16(27)4-1-2-11-32(29,30)31/h6-9,12H,1-5,10-11,13H2,(H,29,30,31). The largest absolute Gasteiger partial charge is 0.389 e. The van der Waals surface area contributed by atoms with Gasteiger partial charge in [0.2, 0.25) is 0 Å². The first-order valence-electron chi connectivity index (χ1n) is 9.74. The molecule has 0 unspecified atom stereocenters. The van der Waals surface area contributed by atoms with E-state index in [9.17, 15) is 31.2 Å². The third-order valence-electron chi connectivity index (χ3n) is 4.53. The zero-order valence-corrected chi connectivity index (χ0v) is 18.5. The molecule has 2 aromatic rings. The number of carbonyl (C=O) groups is 1. The molecule has 0 spiro atoms. The Hall–Kier alpha value is -2.24. The van der Waals surface area contributed by atoms with Crippen molar-refractivity contribution in [3.63, 3.8) is 0 Å². The van der Waals surface area contributed by atoms with Gasteiger partial charge in [0.05, 0.1) is 18.0 Å². The van der Waals surface area contributed by atoms with Crippen molar-refractivity contribution in [3.05, 3.63) is 51.5 Å². The van der Waals surface area contributed by atoms with Gasteiger partial charge in [-0.15, -0.1) is 0 Å². The van der Waals surface area contributed by atoms with E-state index in [1.54, 1.807) is 24.3 Å². The van der Waals surface area contributed by atoms with E-state index in [1.165, 1.54) is 6.07 Å². The normalized spacial score (nSPS) is 12.2. The van der Waals surface area contributed by atoms with Crippen molar-refractivity contribution < 1.29 is 30.9 Å². The van der Waals surface area contributed by atoms with Gasteiger partial charge in [0.1, 0.15) is 5.82 Å². The van der Waals surface area contributed by atoms with Crippen LogP contribution in [0.3, 0.4) is 0 Å². The van der Waals surface area contributed by atoms with Crippen LogP contribution < -0.4 is 5.56 Å². The van der Waals surface area contributed by atoms with E-state index in [2.05, 4.69) is 4.98 Å². The molecule has 1 aromatic heterocycles. The highest BCUT2D eigenvalue weighted by atomic mass is 35.5. The molecule has 12 heteroatoms. The van der Waals surface area contributed by atoms with Gasteiger partial charge in [-0.05, 0) is 31.4 Å². The maximum Gasteiger partial charge on any atom is 0.389 e. The third kappa shape index (κ3) is 9.09. The molecule has 0 bridgehead atoms. The van der Waals surface area contributed by atoms with E-state index in [0.29, 0.717) is 10.6 Å². The summed E-state index contributed by atoms with van der Waals surface area (Å²) < 4.78 is 68.9. The fraction of sp³-hybridized carbons (Fsp3) is 0.450. The van der Waals surface area contributed by atoms with Gasteiger partial charge in [-0.25, -0.2) is 4.98 Å². The first-order chi connectivity index (χ1) is 14.8. The van der Waals surface area contributed by atoms with Crippen molar-refractivity contribution in [1.82, 2.24) is 9.55 Å². The van der Waals surface area contributed by atoms with Gasteiger partial charge in [0.25, 0.3) is 15.7 Å². The number of alkyl halides is 3. The number of halogens is 4. The van der Waals surface area contributed by atoms with Crippen LogP contribution in [0.1, 0.15) is 37.9 Å². The number of hydrogen-bond acceptors (Lipinski definition) is 5. The Kier molecular flexibility index (Phi) is 8.99. The average molecular weight is 495 g/mol. The molecule has 32 heavy (non-hydrogen) atoms. The van der Waals surface area contributed by atoms with Gasteiger partial charge >= 0.3 is 6.18 Å². The monoisotopic (exact) mass is 494 g/mol. The Bertz CT molecular complexity index is 1100. The first kappa shape index (κ1) is 26.0. The highest BCUT2D eigenvalue weighted by Gasteiger charge is 2.26. The molecule has 0 aliphatic rings. The van der Waals surface area contributed by atoms with E-state index in [0.717, 1.165) is 4.57 Å². The summed E-state index contributed by atoms with van der Waals surface area (Å²) in [6.07, 6.45) is -5.70.